The standard InChI is InChI=1S/C18H30N2/c1-14-12-15(2)18(17(13-14)19-3)20(4)11-10-16-8-6-5-7-9-16/h5-9,14-15,17-19H,10-13H2,1-4H3. The Bertz CT molecular complexity index is 390. The molecule has 0 bridgehead atoms. The van der Waals surface area contributed by atoms with Crippen LogP contribution in [-0.2, 0) is 6.42 Å². The van der Waals surface area contributed by atoms with Gasteiger partial charge in [-0.3, -0.25) is 0 Å². The highest BCUT2D eigenvalue weighted by Crippen LogP contribution is 2.31. The van der Waals surface area contributed by atoms with Gasteiger partial charge in [0.2, 0.25) is 0 Å². The van der Waals surface area contributed by atoms with Gasteiger partial charge in [0.1, 0.15) is 0 Å². The minimum absolute atomic E-state index is 0.634. The summed E-state index contributed by atoms with van der Waals surface area (Å²) >= 11 is 0. The van der Waals surface area contributed by atoms with E-state index in [4.69, 9.17) is 0 Å². The largest absolute Gasteiger partial charge is 0.315 e. The molecular weight excluding hydrogens is 244 g/mol. The lowest BCUT2D eigenvalue weighted by Gasteiger charge is -2.44. The number of likely N-dealkylation sites (N-methyl/N-ethyl adjacent to an activating group) is 2. The van der Waals surface area contributed by atoms with Gasteiger partial charge < -0.3 is 10.2 Å². The number of hydrogen-bond acceptors (Lipinski definition) is 2. The molecule has 0 aliphatic heterocycles. The van der Waals surface area contributed by atoms with E-state index in [1.54, 1.807) is 0 Å². The summed E-state index contributed by atoms with van der Waals surface area (Å²) in [6.45, 7) is 5.95. The van der Waals surface area contributed by atoms with Crippen LogP contribution in [0.2, 0.25) is 0 Å². The van der Waals surface area contributed by atoms with Crippen molar-refractivity contribution < 1.29 is 0 Å². The molecule has 4 atom stereocenters. The Labute approximate surface area is 124 Å². The molecule has 1 aliphatic carbocycles. The van der Waals surface area contributed by atoms with E-state index in [2.05, 4.69) is 68.5 Å². The number of nitrogens with one attached hydrogen (secondary N) is 1. The second-order valence-corrected chi connectivity index (χ2v) is 6.66. The zero-order valence-corrected chi connectivity index (χ0v) is 13.5. The third kappa shape index (κ3) is 3.83. The van der Waals surface area contributed by atoms with Gasteiger partial charge in [-0.2, -0.15) is 0 Å². The molecule has 0 spiro atoms. The maximum Gasteiger partial charge on any atom is 0.0272 e. The number of rotatable bonds is 5. The minimum Gasteiger partial charge on any atom is -0.315 e. The molecule has 1 fully saturated rings. The summed E-state index contributed by atoms with van der Waals surface area (Å²) in [5.74, 6) is 1.62. The lowest BCUT2D eigenvalue weighted by molar-refractivity contribution is 0.0845. The first-order valence-corrected chi connectivity index (χ1v) is 8.03. The van der Waals surface area contributed by atoms with Crippen molar-refractivity contribution in [2.75, 3.05) is 20.6 Å². The second kappa shape index (κ2) is 7.24. The van der Waals surface area contributed by atoms with Crippen LogP contribution in [0.1, 0.15) is 32.3 Å². The van der Waals surface area contributed by atoms with Crippen molar-refractivity contribution in [3.05, 3.63) is 35.9 Å². The van der Waals surface area contributed by atoms with Gasteiger partial charge >= 0.3 is 0 Å². The summed E-state index contributed by atoms with van der Waals surface area (Å²) in [5.41, 5.74) is 1.44. The van der Waals surface area contributed by atoms with Gasteiger partial charge in [0.15, 0.2) is 0 Å². The van der Waals surface area contributed by atoms with E-state index in [-0.39, 0.29) is 0 Å². The second-order valence-electron chi connectivity index (χ2n) is 6.66. The van der Waals surface area contributed by atoms with Crippen molar-refractivity contribution in [1.29, 1.82) is 0 Å². The van der Waals surface area contributed by atoms with E-state index in [0.29, 0.717) is 12.1 Å². The first-order valence-electron chi connectivity index (χ1n) is 8.03. The molecule has 2 rings (SSSR count). The van der Waals surface area contributed by atoms with Crippen LogP contribution in [0, 0.1) is 11.8 Å². The van der Waals surface area contributed by atoms with Crippen LogP contribution in [0.15, 0.2) is 30.3 Å². The monoisotopic (exact) mass is 274 g/mol. The predicted molar refractivity (Wildman–Crippen MR) is 87.0 cm³/mol. The summed E-state index contributed by atoms with van der Waals surface area (Å²) in [6.07, 6.45) is 3.81. The molecule has 0 aromatic heterocycles. The number of hydrogen-bond donors (Lipinski definition) is 1. The molecule has 1 aromatic carbocycles. The molecule has 112 valence electrons. The smallest absolute Gasteiger partial charge is 0.0272 e. The lowest BCUT2D eigenvalue weighted by atomic mass is 9.76. The van der Waals surface area contributed by atoms with E-state index < -0.39 is 0 Å². The molecule has 4 unspecified atom stereocenters. The molecule has 1 aromatic rings. The SMILES string of the molecule is CNC1CC(C)CC(C)C1N(C)CCc1ccccc1. The highest BCUT2D eigenvalue weighted by atomic mass is 15.2. The van der Waals surface area contributed by atoms with Gasteiger partial charge in [0, 0.05) is 18.6 Å². The van der Waals surface area contributed by atoms with E-state index >= 15 is 0 Å². The molecular formula is C18H30N2. The van der Waals surface area contributed by atoms with Gasteiger partial charge in [0.25, 0.3) is 0 Å². The van der Waals surface area contributed by atoms with Gasteiger partial charge in [-0.05, 0) is 50.8 Å². The zero-order valence-electron chi connectivity index (χ0n) is 13.5. The highest BCUT2D eigenvalue weighted by Gasteiger charge is 2.35. The number of benzene rings is 1. The van der Waals surface area contributed by atoms with Crippen molar-refractivity contribution in [3.63, 3.8) is 0 Å². The highest BCUT2D eigenvalue weighted by molar-refractivity contribution is 5.15. The Morgan fingerprint density at radius 2 is 1.85 bits per heavy atom. The molecule has 0 radical (unpaired) electrons. The van der Waals surface area contributed by atoms with Crippen LogP contribution in [0.3, 0.4) is 0 Å². The third-order valence-corrected chi connectivity index (χ3v) is 4.90. The van der Waals surface area contributed by atoms with Crippen molar-refractivity contribution in [1.82, 2.24) is 10.2 Å². The van der Waals surface area contributed by atoms with E-state index in [1.807, 2.05) is 0 Å². The van der Waals surface area contributed by atoms with Crippen LogP contribution < -0.4 is 5.32 Å². The Morgan fingerprint density at radius 1 is 1.15 bits per heavy atom. The molecule has 1 N–H and O–H groups in total. The summed E-state index contributed by atoms with van der Waals surface area (Å²) in [5, 5.41) is 3.55. The van der Waals surface area contributed by atoms with Crippen LogP contribution in [0.4, 0.5) is 0 Å². The zero-order chi connectivity index (χ0) is 14.5. The van der Waals surface area contributed by atoms with E-state index in [1.165, 1.54) is 18.4 Å². The molecule has 1 aliphatic rings. The average Bonchev–Trinajstić information content (AvgIpc) is 2.45. The first-order chi connectivity index (χ1) is 9.61. The van der Waals surface area contributed by atoms with Gasteiger partial charge in [0.05, 0.1) is 0 Å². The molecule has 1 saturated carbocycles. The van der Waals surface area contributed by atoms with Crippen LogP contribution in [0.5, 0.6) is 0 Å². The minimum atomic E-state index is 0.634. The van der Waals surface area contributed by atoms with Crippen molar-refractivity contribution in [3.8, 4) is 0 Å². The maximum absolute atomic E-state index is 3.55. The van der Waals surface area contributed by atoms with Crippen LogP contribution >= 0.6 is 0 Å². The van der Waals surface area contributed by atoms with E-state index in [0.717, 1.165) is 24.8 Å². The summed E-state index contributed by atoms with van der Waals surface area (Å²) in [7, 11) is 4.41. The molecule has 20 heavy (non-hydrogen) atoms. The van der Waals surface area contributed by atoms with E-state index in [9.17, 15) is 0 Å². The fourth-order valence-electron chi connectivity index (χ4n) is 3.97. The third-order valence-electron chi connectivity index (χ3n) is 4.90. The fourth-order valence-corrected chi connectivity index (χ4v) is 3.97. The summed E-state index contributed by atoms with van der Waals surface area (Å²) < 4.78 is 0. The summed E-state index contributed by atoms with van der Waals surface area (Å²) in [4.78, 5) is 2.57. The van der Waals surface area contributed by atoms with Crippen molar-refractivity contribution in [2.45, 2.75) is 45.2 Å². The fraction of sp³-hybridized carbons (Fsp3) is 0.667. The summed E-state index contributed by atoms with van der Waals surface area (Å²) in [6, 6.07) is 12.1. The topological polar surface area (TPSA) is 15.3 Å². The Hall–Kier alpha value is -0.860. The Morgan fingerprint density at radius 3 is 2.50 bits per heavy atom. The van der Waals surface area contributed by atoms with Crippen LogP contribution in [0.25, 0.3) is 0 Å². The number of nitrogens with zero attached hydrogens (tertiary/aromatic N) is 1. The lowest BCUT2D eigenvalue weighted by Crippen LogP contribution is -2.55. The predicted octanol–water partition coefficient (Wildman–Crippen LogP) is 3.18. The maximum atomic E-state index is 3.55. The first kappa shape index (κ1) is 15.5. The average molecular weight is 274 g/mol. The Balaban J connectivity index is 1.94. The van der Waals surface area contributed by atoms with Crippen molar-refractivity contribution in [2.24, 2.45) is 11.8 Å². The van der Waals surface area contributed by atoms with Gasteiger partial charge in [-0.15, -0.1) is 0 Å². The molecule has 2 nitrogen and oxygen atoms in total. The van der Waals surface area contributed by atoms with Crippen molar-refractivity contribution >= 4 is 0 Å². The quantitative estimate of drug-likeness (QED) is 0.887. The van der Waals surface area contributed by atoms with Gasteiger partial charge in [-0.1, -0.05) is 44.2 Å². The molecule has 0 saturated heterocycles. The van der Waals surface area contributed by atoms with Crippen LogP contribution in [-0.4, -0.2) is 37.6 Å². The normalized spacial score (nSPS) is 30.6. The molecule has 2 heteroatoms. The molecule has 0 amide bonds. The Kier molecular flexibility index (Phi) is 5.62. The van der Waals surface area contributed by atoms with Gasteiger partial charge in [-0.25, -0.2) is 0 Å². The molecule has 0 heterocycles.